The summed E-state index contributed by atoms with van der Waals surface area (Å²) in [5, 5.41) is 0. The van der Waals surface area contributed by atoms with Crippen molar-refractivity contribution < 1.29 is 63.8 Å². The molecule has 0 aromatic heterocycles. The van der Waals surface area contributed by atoms with Gasteiger partial charge in [0.2, 0.25) is 0 Å². The monoisotopic (exact) mass is 132 g/mol. The van der Waals surface area contributed by atoms with Crippen LogP contribution in [0.5, 0.6) is 0 Å². The Morgan fingerprint density at radius 3 is 1.17 bits per heavy atom. The smallest absolute Gasteiger partial charge is 1.00 e. The Labute approximate surface area is 88.9 Å². The van der Waals surface area contributed by atoms with E-state index in [1.807, 2.05) is 0 Å². The summed E-state index contributed by atoms with van der Waals surface area (Å²) in [7, 11) is 0. The van der Waals surface area contributed by atoms with Crippen LogP contribution in [-0.4, -0.2) is 0 Å². The fourth-order valence-corrected chi connectivity index (χ4v) is 0. The van der Waals surface area contributed by atoms with Gasteiger partial charge in [0.05, 0.1) is 0 Å². The molecule has 2 heteroatoms. The van der Waals surface area contributed by atoms with Crippen LogP contribution < -0.4 is 63.8 Å². The van der Waals surface area contributed by atoms with Gasteiger partial charge in [0.15, 0.2) is 0 Å². The van der Waals surface area contributed by atoms with E-state index in [1.54, 1.807) is 0 Å². The standard InChI is InChI=1S/C4H10.ClH.K/c1-3-4-2;;/h3-4H2,1-2H3;1H;/q;;+1/p-1. The molecule has 0 rings (SSSR count). The molecule has 0 aromatic carbocycles. The van der Waals surface area contributed by atoms with Crippen molar-refractivity contribution in [1.82, 2.24) is 0 Å². The summed E-state index contributed by atoms with van der Waals surface area (Å²) in [6.45, 7) is 4.36. The molecule has 0 saturated heterocycles. The average molecular weight is 133 g/mol. The molecule has 0 saturated carbocycles. The third kappa shape index (κ3) is 16.8. The number of halogens is 1. The maximum absolute atomic E-state index is 2.18. The van der Waals surface area contributed by atoms with Crippen LogP contribution in [0.2, 0.25) is 0 Å². The molecule has 0 nitrogen and oxygen atoms in total. The summed E-state index contributed by atoms with van der Waals surface area (Å²) in [6, 6.07) is 0. The Morgan fingerprint density at radius 1 is 1.00 bits per heavy atom. The van der Waals surface area contributed by atoms with Crippen LogP contribution in [0.3, 0.4) is 0 Å². The van der Waals surface area contributed by atoms with Gasteiger partial charge in [-0.1, -0.05) is 26.7 Å². The minimum atomic E-state index is 0. The Hall–Kier alpha value is 1.93. The van der Waals surface area contributed by atoms with Gasteiger partial charge in [0.1, 0.15) is 0 Å². The fourth-order valence-electron chi connectivity index (χ4n) is 0. The molecule has 0 aliphatic carbocycles. The first-order valence-electron chi connectivity index (χ1n) is 1.91. The van der Waals surface area contributed by atoms with Crippen LogP contribution in [-0.2, 0) is 0 Å². The third-order valence-electron chi connectivity index (χ3n) is 0.500. The van der Waals surface area contributed by atoms with Gasteiger partial charge in [0.25, 0.3) is 0 Å². The summed E-state index contributed by atoms with van der Waals surface area (Å²) in [6.07, 6.45) is 2.64. The molecule has 0 unspecified atom stereocenters. The van der Waals surface area contributed by atoms with Crippen molar-refractivity contribution in [2.24, 2.45) is 0 Å². The first-order chi connectivity index (χ1) is 1.91. The quantitative estimate of drug-likeness (QED) is 0.318. The Morgan fingerprint density at radius 2 is 1.17 bits per heavy atom. The van der Waals surface area contributed by atoms with Crippen LogP contribution in [0.25, 0.3) is 0 Å². The molecule has 0 amide bonds. The predicted octanol–water partition coefficient (Wildman–Crippen LogP) is -4.19. The van der Waals surface area contributed by atoms with Crippen molar-refractivity contribution in [3.63, 3.8) is 0 Å². The molecule has 0 atom stereocenters. The summed E-state index contributed by atoms with van der Waals surface area (Å²) in [5.41, 5.74) is 0. The van der Waals surface area contributed by atoms with E-state index < -0.39 is 0 Å². The number of rotatable bonds is 1. The van der Waals surface area contributed by atoms with Gasteiger partial charge in [-0.15, -0.1) is 0 Å². The maximum Gasteiger partial charge on any atom is 1.00 e. The first-order valence-corrected chi connectivity index (χ1v) is 1.91. The zero-order valence-electron chi connectivity index (χ0n) is 4.79. The first kappa shape index (κ1) is 15.7. The second-order valence-electron chi connectivity index (χ2n) is 1.000. The van der Waals surface area contributed by atoms with Crippen molar-refractivity contribution >= 4 is 0 Å². The molecular formula is C4H10ClK. The second kappa shape index (κ2) is 15.8. The van der Waals surface area contributed by atoms with E-state index in [4.69, 9.17) is 0 Å². The van der Waals surface area contributed by atoms with E-state index in [0.717, 1.165) is 0 Å². The van der Waals surface area contributed by atoms with Crippen LogP contribution in [0.4, 0.5) is 0 Å². The molecule has 0 aromatic rings. The predicted molar refractivity (Wildman–Crippen MR) is 20.6 cm³/mol. The van der Waals surface area contributed by atoms with Gasteiger partial charge >= 0.3 is 51.4 Å². The van der Waals surface area contributed by atoms with Gasteiger partial charge in [-0.25, -0.2) is 0 Å². The molecule has 0 N–H and O–H groups in total. The van der Waals surface area contributed by atoms with E-state index in [0.29, 0.717) is 0 Å². The number of hydrogen-bond donors (Lipinski definition) is 0. The van der Waals surface area contributed by atoms with Crippen molar-refractivity contribution in [3.8, 4) is 0 Å². The molecule has 0 aliphatic rings. The van der Waals surface area contributed by atoms with E-state index >= 15 is 0 Å². The van der Waals surface area contributed by atoms with E-state index in [-0.39, 0.29) is 63.8 Å². The average Bonchev–Trinajstić information content (AvgIpc) is 1.37. The van der Waals surface area contributed by atoms with Crippen LogP contribution in [0.15, 0.2) is 0 Å². The molecule has 0 radical (unpaired) electrons. The SMILES string of the molecule is CCCC.[Cl-].[K+]. The number of hydrogen-bond acceptors (Lipinski definition) is 0. The summed E-state index contributed by atoms with van der Waals surface area (Å²) >= 11 is 0. The van der Waals surface area contributed by atoms with Crippen LogP contribution in [0, 0.1) is 0 Å². The van der Waals surface area contributed by atoms with Crippen molar-refractivity contribution in [3.05, 3.63) is 0 Å². The third-order valence-corrected chi connectivity index (χ3v) is 0.500. The summed E-state index contributed by atoms with van der Waals surface area (Å²) in [4.78, 5) is 0. The maximum atomic E-state index is 2.18. The Balaban J connectivity index is -0.0000000450. The minimum Gasteiger partial charge on any atom is -1.00 e. The van der Waals surface area contributed by atoms with Gasteiger partial charge in [-0.05, 0) is 0 Å². The minimum absolute atomic E-state index is 0. The molecule has 0 spiro atoms. The summed E-state index contributed by atoms with van der Waals surface area (Å²) in [5.74, 6) is 0. The molecule has 0 bridgehead atoms. The summed E-state index contributed by atoms with van der Waals surface area (Å²) < 4.78 is 0. The van der Waals surface area contributed by atoms with Crippen LogP contribution >= 0.6 is 0 Å². The number of unbranched alkanes of at least 4 members (excludes halogenated alkanes) is 1. The van der Waals surface area contributed by atoms with Gasteiger partial charge < -0.3 is 12.4 Å². The van der Waals surface area contributed by atoms with Gasteiger partial charge in [0, 0.05) is 0 Å². The molecule has 6 heavy (non-hydrogen) atoms. The Kier molecular flexibility index (Phi) is 41.2. The zero-order chi connectivity index (χ0) is 3.41. The van der Waals surface area contributed by atoms with Gasteiger partial charge in [-0.2, -0.15) is 0 Å². The normalized spacial score (nSPS) is 5.00. The fraction of sp³-hybridized carbons (Fsp3) is 1.00. The van der Waals surface area contributed by atoms with E-state index in [1.165, 1.54) is 12.8 Å². The van der Waals surface area contributed by atoms with Crippen LogP contribution in [0.1, 0.15) is 26.7 Å². The molecular weight excluding hydrogens is 123 g/mol. The second-order valence-corrected chi connectivity index (χ2v) is 1.000. The topological polar surface area (TPSA) is 0 Å². The molecule has 34 valence electrons. The molecule has 0 fully saturated rings. The van der Waals surface area contributed by atoms with Crippen molar-refractivity contribution in [2.45, 2.75) is 26.7 Å². The van der Waals surface area contributed by atoms with Crippen molar-refractivity contribution in [1.29, 1.82) is 0 Å². The van der Waals surface area contributed by atoms with E-state index in [2.05, 4.69) is 13.8 Å². The van der Waals surface area contributed by atoms with Gasteiger partial charge in [-0.3, -0.25) is 0 Å². The molecule has 0 aliphatic heterocycles. The zero-order valence-corrected chi connectivity index (χ0v) is 8.67. The Bertz CT molecular complexity index is 9.51. The largest absolute Gasteiger partial charge is 1.00 e. The van der Waals surface area contributed by atoms with Crippen molar-refractivity contribution in [2.75, 3.05) is 0 Å². The van der Waals surface area contributed by atoms with E-state index in [9.17, 15) is 0 Å². The molecule has 0 heterocycles.